The van der Waals surface area contributed by atoms with E-state index in [0.717, 1.165) is 6.42 Å². The molecule has 3 unspecified atom stereocenters. The molecule has 0 aromatic carbocycles. The van der Waals surface area contributed by atoms with Crippen LogP contribution in [0.4, 0.5) is 0 Å². The highest BCUT2D eigenvalue weighted by molar-refractivity contribution is 5.89. The number of hydrogen-bond acceptors (Lipinski definition) is 4. The van der Waals surface area contributed by atoms with Crippen LogP contribution in [0.2, 0.25) is 0 Å². The predicted octanol–water partition coefficient (Wildman–Crippen LogP) is -0.277. The maximum Gasteiger partial charge on any atom is 0.245 e. The second-order valence-electron chi connectivity index (χ2n) is 5.06. The molecule has 1 aliphatic rings. The number of nitrogens with one attached hydrogen (secondary N) is 1. The number of hydrogen-bond donors (Lipinski definition) is 2. The van der Waals surface area contributed by atoms with Gasteiger partial charge in [-0.25, -0.2) is 0 Å². The first-order chi connectivity index (χ1) is 8.99. The summed E-state index contributed by atoms with van der Waals surface area (Å²) in [6.45, 7) is 7.36. The molecule has 110 valence electrons. The summed E-state index contributed by atoms with van der Waals surface area (Å²) in [7, 11) is 0. The van der Waals surface area contributed by atoms with Crippen molar-refractivity contribution in [3.05, 3.63) is 0 Å². The third-order valence-corrected chi connectivity index (χ3v) is 3.44. The second kappa shape index (κ2) is 7.45. The first-order valence-corrected chi connectivity index (χ1v) is 6.90. The van der Waals surface area contributed by atoms with E-state index in [4.69, 9.17) is 10.5 Å². The van der Waals surface area contributed by atoms with Crippen LogP contribution in [0.3, 0.4) is 0 Å². The van der Waals surface area contributed by atoms with Crippen LogP contribution in [0.15, 0.2) is 0 Å². The number of morpholine rings is 1. The van der Waals surface area contributed by atoms with Gasteiger partial charge in [-0.1, -0.05) is 13.8 Å². The first-order valence-electron chi connectivity index (χ1n) is 6.90. The van der Waals surface area contributed by atoms with Crippen LogP contribution >= 0.6 is 0 Å². The average molecular weight is 271 g/mol. The Labute approximate surface area is 114 Å². The van der Waals surface area contributed by atoms with Gasteiger partial charge in [-0.2, -0.15) is 0 Å². The van der Waals surface area contributed by atoms with Crippen molar-refractivity contribution in [2.45, 2.75) is 39.3 Å². The SMILES string of the molecule is CCCNC(=O)C1COCCN1C(=O)C(C)C(C)N. The molecule has 0 aromatic rings. The van der Waals surface area contributed by atoms with Crippen molar-refractivity contribution in [2.24, 2.45) is 11.7 Å². The molecule has 0 aliphatic carbocycles. The van der Waals surface area contributed by atoms with E-state index in [0.29, 0.717) is 19.7 Å². The summed E-state index contributed by atoms with van der Waals surface area (Å²) >= 11 is 0. The van der Waals surface area contributed by atoms with Gasteiger partial charge in [0.2, 0.25) is 11.8 Å². The molecule has 6 nitrogen and oxygen atoms in total. The Morgan fingerprint density at radius 2 is 2.16 bits per heavy atom. The Bertz CT molecular complexity index is 320. The topological polar surface area (TPSA) is 84.7 Å². The smallest absolute Gasteiger partial charge is 0.245 e. The van der Waals surface area contributed by atoms with Gasteiger partial charge in [-0.15, -0.1) is 0 Å². The summed E-state index contributed by atoms with van der Waals surface area (Å²) in [6.07, 6.45) is 0.865. The molecule has 1 heterocycles. The highest BCUT2D eigenvalue weighted by Gasteiger charge is 2.35. The lowest BCUT2D eigenvalue weighted by atomic mass is 10.0. The second-order valence-corrected chi connectivity index (χ2v) is 5.06. The van der Waals surface area contributed by atoms with E-state index in [2.05, 4.69) is 5.32 Å². The molecule has 1 saturated heterocycles. The van der Waals surface area contributed by atoms with E-state index in [1.54, 1.807) is 18.7 Å². The van der Waals surface area contributed by atoms with Crippen molar-refractivity contribution in [2.75, 3.05) is 26.3 Å². The lowest BCUT2D eigenvalue weighted by Gasteiger charge is -2.36. The highest BCUT2D eigenvalue weighted by Crippen LogP contribution is 2.13. The molecular formula is C13H25N3O3. The van der Waals surface area contributed by atoms with Gasteiger partial charge in [-0.3, -0.25) is 9.59 Å². The molecule has 6 heteroatoms. The van der Waals surface area contributed by atoms with Gasteiger partial charge < -0.3 is 20.7 Å². The van der Waals surface area contributed by atoms with Crippen molar-refractivity contribution in [1.82, 2.24) is 10.2 Å². The molecular weight excluding hydrogens is 246 g/mol. The van der Waals surface area contributed by atoms with Crippen LogP contribution in [-0.4, -0.2) is 55.1 Å². The molecule has 0 radical (unpaired) electrons. The summed E-state index contributed by atoms with van der Waals surface area (Å²) in [5.41, 5.74) is 5.77. The van der Waals surface area contributed by atoms with Crippen LogP contribution in [0.5, 0.6) is 0 Å². The number of nitrogens with two attached hydrogens (primary N) is 1. The van der Waals surface area contributed by atoms with Crippen molar-refractivity contribution in [3.63, 3.8) is 0 Å². The van der Waals surface area contributed by atoms with Gasteiger partial charge in [0.15, 0.2) is 0 Å². The lowest BCUT2D eigenvalue weighted by Crippen LogP contribution is -2.58. The fourth-order valence-electron chi connectivity index (χ4n) is 1.94. The minimum absolute atomic E-state index is 0.0741. The van der Waals surface area contributed by atoms with Crippen molar-refractivity contribution < 1.29 is 14.3 Å². The zero-order valence-corrected chi connectivity index (χ0v) is 12.0. The number of carbonyl (C=O) groups is 2. The maximum atomic E-state index is 12.3. The summed E-state index contributed by atoms with van der Waals surface area (Å²) in [5.74, 6) is -0.513. The van der Waals surface area contributed by atoms with E-state index in [-0.39, 0.29) is 30.4 Å². The minimum atomic E-state index is -0.533. The number of rotatable bonds is 5. The van der Waals surface area contributed by atoms with Crippen LogP contribution < -0.4 is 11.1 Å². The van der Waals surface area contributed by atoms with Gasteiger partial charge in [0.1, 0.15) is 6.04 Å². The maximum absolute atomic E-state index is 12.3. The largest absolute Gasteiger partial charge is 0.377 e. The molecule has 0 spiro atoms. The molecule has 3 N–H and O–H groups in total. The van der Waals surface area contributed by atoms with Crippen LogP contribution in [-0.2, 0) is 14.3 Å². The van der Waals surface area contributed by atoms with Crippen LogP contribution in [0.1, 0.15) is 27.2 Å². The zero-order valence-electron chi connectivity index (χ0n) is 12.0. The molecule has 2 amide bonds. The molecule has 0 aromatic heterocycles. The Hall–Kier alpha value is -1.14. The summed E-state index contributed by atoms with van der Waals surface area (Å²) in [5, 5.41) is 2.81. The van der Waals surface area contributed by atoms with Gasteiger partial charge in [0.05, 0.1) is 19.1 Å². The monoisotopic (exact) mass is 271 g/mol. The van der Waals surface area contributed by atoms with E-state index in [1.807, 2.05) is 6.92 Å². The summed E-state index contributed by atoms with van der Waals surface area (Å²) < 4.78 is 5.32. The quantitative estimate of drug-likeness (QED) is 0.720. The Morgan fingerprint density at radius 3 is 2.74 bits per heavy atom. The first kappa shape index (κ1) is 15.9. The van der Waals surface area contributed by atoms with Crippen LogP contribution in [0, 0.1) is 5.92 Å². The molecule has 0 saturated carbocycles. The Morgan fingerprint density at radius 1 is 1.47 bits per heavy atom. The molecule has 1 aliphatic heterocycles. The Balaban J connectivity index is 2.71. The standard InChI is InChI=1S/C13H25N3O3/c1-4-5-15-12(17)11-8-19-7-6-16(11)13(18)9(2)10(3)14/h9-11H,4-8,14H2,1-3H3,(H,15,17). The minimum Gasteiger partial charge on any atom is -0.377 e. The third-order valence-electron chi connectivity index (χ3n) is 3.44. The van der Waals surface area contributed by atoms with E-state index >= 15 is 0 Å². The van der Waals surface area contributed by atoms with E-state index in [1.165, 1.54) is 0 Å². The number of nitrogens with zero attached hydrogens (tertiary/aromatic N) is 1. The molecule has 0 bridgehead atoms. The molecule has 1 fully saturated rings. The highest BCUT2D eigenvalue weighted by atomic mass is 16.5. The zero-order chi connectivity index (χ0) is 14.4. The predicted molar refractivity (Wildman–Crippen MR) is 72.4 cm³/mol. The number of carbonyl (C=O) groups excluding carboxylic acids is 2. The average Bonchev–Trinajstić information content (AvgIpc) is 2.42. The van der Waals surface area contributed by atoms with Gasteiger partial charge in [0.25, 0.3) is 0 Å². The van der Waals surface area contributed by atoms with Gasteiger partial charge in [-0.05, 0) is 13.3 Å². The molecule has 19 heavy (non-hydrogen) atoms. The molecule has 3 atom stereocenters. The summed E-state index contributed by atoms with van der Waals surface area (Å²) in [6, 6.07) is -0.760. The number of amides is 2. The molecule has 1 rings (SSSR count). The van der Waals surface area contributed by atoms with Gasteiger partial charge >= 0.3 is 0 Å². The van der Waals surface area contributed by atoms with Crippen molar-refractivity contribution >= 4 is 11.8 Å². The fourth-order valence-corrected chi connectivity index (χ4v) is 1.94. The lowest BCUT2D eigenvalue weighted by molar-refractivity contribution is -0.151. The Kier molecular flexibility index (Phi) is 6.24. The summed E-state index contributed by atoms with van der Waals surface area (Å²) in [4.78, 5) is 26.0. The number of ether oxygens (including phenoxy) is 1. The fraction of sp³-hybridized carbons (Fsp3) is 0.846. The van der Waals surface area contributed by atoms with Crippen molar-refractivity contribution in [3.8, 4) is 0 Å². The van der Waals surface area contributed by atoms with E-state index in [9.17, 15) is 9.59 Å². The van der Waals surface area contributed by atoms with Gasteiger partial charge in [0, 0.05) is 19.1 Å². The van der Waals surface area contributed by atoms with Crippen molar-refractivity contribution in [1.29, 1.82) is 0 Å². The normalized spacial score (nSPS) is 22.7. The third kappa shape index (κ3) is 4.18. The van der Waals surface area contributed by atoms with Crippen LogP contribution in [0.25, 0.3) is 0 Å². The van der Waals surface area contributed by atoms with E-state index < -0.39 is 6.04 Å².